The van der Waals surface area contributed by atoms with Crippen LogP contribution in [0, 0.1) is 0 Å². The third kappa shape index (κ3) is 1.31. The van der Waals surface area contributed by atoms with E-state index in [1.807, 2.05) is 18.2 Å². The third-order valence-corrected chi connectivity index (χ3v) is 2.93. The van der Waals surface area contributed by atoms with Gasteiger partial charge in [0.15, 0.2) is 5.78 Å². The van der Waals surface area contributed by atoms with Crippen LogP contribution in [0.15, 0.2) is 18.2 Å². The summed E-state index contributed by atoms with van der Waals surface area (Å²) < 4.78 is 5.10. The number of hydrogen-bond acceptors (Lipinski definition) is 2. The molecule has 1 atom stereocenters. The van der Waals surface area contributed by atoms with E-state index in [0.29, 0.717) is 12.3 Å². The van der Waals surface area contributed by atoms with E-state index in [1.165, 1.54) is 5.56 Å². The van der Waals surface area contributed by atoms with Gasteiger partial charge in [0, 0.05) is 12.0 Å². The van der Waals surface area contributed by atoms with Crippen LogP contribution in [0.25, 0.3) is 0 Å². The fourth-order valence-corrected chi connectivity index (χ4v) is 2.07. The number of rotatable bonds is 2. The normalized spacial score (nSPS) is 19.6. The second kappa shape index (κ2) is 3.45. The van der Waals surface area contributed by atoms with Crippen LogP contribution in [0.1, 0.15) is 41.6 Å². The predicted octanol–water partition coefficient (Wildman–Crippen LogP) is 2.78. The topological polar surface area (TPSA) is 26.3 Å². The Balaban J connectivity index is 2.46. The molecule has 0 fully saturated rings. The summed E-state index contributed by atoms with van der Waals surface area (Å²) in [6, 6.07) is 5.81. The summed E-state index contributed by atoms with van der Waals surface area (Å²) in [5, 5.41) is 0. The summed E-state index contributed by atoms with van der Waals surface area (Å²) in [6.07, 6.45) is 1.70. The zero-order valence-electron chi connectivity index (χ0n) is 8.54. The van der Waals surface area contributed by atoms with Gasteiger partial charge in [-0.1, -0.05) is 13.0 Å². The number of ketones is 1. The fraction of sp³-hybridized carbons (Fsp3) is 0.417. The van der Waals surface area contributed by atoms with Crippen LogP contribution in [0.2, 0.25) is 0 Å². The molecule has 0 aromatic heterocycles. The second-order valence-corrected chi connectivity index (χ2v) is 3.69. The molecule has 2 nitrogen and oxygen atoms in total. The van der Waals surface area contributed by atoms with Gasteiger partial charge in [0.25, 0.3) is 0 Å². The van der Waals surface area contributed by atoms with Crippen molar-refractivity contribution >= 4 is 5.78 Å². The van der Waals surface area contributed by atoms with Crippen molar-refractivity contribution in [3.05, 3.63) is 29.3 Å². The van der Waals surface area contributed by atoms with E-state index in [-0.39, 0.29) is 5.78 Å². The molecule has 1 unspecified atom stereocenters. The smallest absolute Gasteiger partial charge is 0.163 e. The van der Waals surface area contributed by atoms with E-state index in [9.17, 15) is 4.79 Å². The van der Waals surface area contributed by atoms with E-state index in [1.54, 1.807) is 7.11 Å². The predicted molar refractivity (Wildman–Crippen MR) is 55.0 cm³/mol. The molecule has 0 radical (unpaired) electrons. The number of hydrogen-bond donors (Lipinski definition) is 0. The average molecular weight is 190 g/mol. The van der Waals surface area contributed by atoms with Crippen molar-refractivity contribution in [2.45, 2.75) is 25.7 Å². The highest BCUT2D eigenvalue weighted by atomic mass is 16.5. The minimum absolute atomic E-state index is 0.255. The van der Waals surface area contributed by atoms with Gasteiger partial charge in [0.1, 0.15) is 5.75 Å². The molecule has 1 aromatic carbocycles. The summed E-state index contributed by atoms with van der Waals surface area (Å²) in [6.45, 7) is 2.12. The van der Waals surface area contributed by atoms with Crippen LogP contribution in [0.5, 0.6) is 5.75 Å². The first kappa shape index (κ1) is 9.25. The van der Waals surface area contributed by atoms with Crippen molar-refractivity contribution in [3.8, 4) is 5.75 Å². The number of fused-ring (bicyclic) bond motifs is 1. The third-order valence-electron chi connectivity index (χ3n) is 2.93. The quantitative estimate of drug-likeness (QED) is 0.716. The molecule has 2 rings (SSSR count). The lowest BCUT2D eigenvalue weighted by molar-refractivity contribution is 0.0988. The number of carbonyl (C=O) groups is 1. The first-order valence-electron chi connectivity index (χ1n) is 4.97. The van der Waals surface area contributed by atoms with E-state index in [0.717, 1.165) is 17.7 Å². The highest BCUT2D eigenvalue weighted by Gasteiger charge is 2.27. The Morgan fingerprint density at radius 2 is 2.29 bits per heavy atom. The molecular formula is C12H14O2. The zero-order valence-corrected chi connectivity index (χ0v) is 8.54. The van der Waals surface area contributed by atoms with Crippen LogP contribution in [-0.4, -0.2) is 12.9 Å². The maximum absolute atomic E-state index is 11.6. The van der Waals surface area contributed by atoms with E-state index < -0.39 is 0 Å². The van der Waals surface area contributed by atoms with Gasteiger partial charge in [-0.25, -0.2) is 0 Å². The molecule has 0 N–H and O–H groups in total. The minimum Gasteiger partial charge on any atom is -0.497 e. The standard InChI is InChI=1S/C12H14O2/c1-3-8-6-12(13)11-7-9(14-2)4-5-10(8)11/h4-5,7-8H,3,6H2,1-2H3. The van der Waals surface area contributed by atoms with Crippen LogP contribution < -0.4 is 4.74 Å². The van der Waals surface area contributed by atoms with Gasteiger partial charge in [-0.15, -0.1) is 0 Å². The Hall–Kier alpha value is -1.31. The summed E-state index contributed by atoms with van der Waals surface area (Å²) in [7, 11) is 1.62. The molecule has 74 valence electrons. The van der Waals surface area contributed by atoms with E-state index >= 15 is 0 Å². The van der Waals surface area contributed by atoms with Gasteiger partial charge in [-0.05, 0) is 30.0 Å². The molecule has 2 heteroatoms. The zero-order chi connectivity index (χ0) is 10.1. The molecule has 1 aliphatic carbocycles. The van der Waals surface area contributed by atoms with Crippen molar-refractivity contribution < 1.29 is 9.53 Å². The molecule has 0 amide bonds. The maximum atomic E-state index is 11.6. The van der Waals surface area contributed by atoms with Crippen molar-refractivity contribution in [2.24, 2.45) is 0 Å². The molecule has 14 heavy (non-hydrogen) atoms. The number of ether oxygens (including phenoxy) is 1. The first-order chi connectivity index (χ1) is 6.76. The highest BCUT2D eigenvalue weighted by molar-refractivity contribution is 6.01. The van der Waals surface area contributed by atoms with Crippen molar-refractivity contribution in [2.75, 3.05) is 7.11 Å². The average Bonchev–Trinajstić information content (AvgIpc) is 2.55. The minimum atomic E-state index is 0.255. The van der Waals surface area contributed by atoms with Crippen LogP contribution in [-0.2, 0) is 0 Å². The van der Waals surface area contributed by atoms with Crippen molar-refractivity contribution in [1.29, 1.82) is 0 Å². The molecule has 1 aliphatic rings. The van der Waals surface area contributed by atoms with Crippen LogP contribution in [0.3, 0.4) is 0 Å². The monoisotopic (exact) mass is 190 g/mol. The van der Waals surface area contributed by atoms with Gasteiger partial charge in [0.2, 0.25) is 0 Å². The van der Waals surface area contributed by atoms with Gasteiger partial charge >= 0.3 is 0 Å². The van der Waals surface area contributed by atoms with Crippen molar-refractivity contribution in [1.82, 2.24) is 0 Å². The van der Waals surface area contributed by atoms with E-state index in [2.05, 4.69) is 6.92 Å². The fourth-order valence-electron chi connectivity index (χ4n) is 2.07. The Bertz CT molecular complexity index is 369. The van der Waals surface area contributed by atoms with Crippen LogP contribution in [0.4, 0.5) is 0 Å². The summed E-state index contributed by atoms with van der Waals surface area (Å²) >= 11 is 0. The molecule has 0 saturated heterocycles. The SMILES string of the molecule is CCC1CC(=O)c2cc(OC)ccc21. The summed E-state index contributed by atoms with van der Waals surface area (Å²) in [4.78, 5) is 11.6. The molecule has 1 aromatic rings. The van der Waals surface area contributed by atoms with E-state index in [4.69, 9.17) is 4.74 Å². The number of Topliss-reactive ketones (excluding diaryl/α,β-unsaturated/α-hetero) is 1. The van der Waals surface area contributed by atoms with Gasteiger partial charge in [-0.3, -0.25) is 4.79 Å². The molecule has 0 bridgehead atoms. The Morgan fingerprint density at radius 1 is 1.50 bits per heavy atom. The first-order valence-corrected chi connectivity index (χ1v) is 4.97. The summed E-state index contributed by atoms with van der Waals surface area (Å²) in [5.41, 5.74) is 2.05. The van der Waals surface area contributed by atoms with Crippen molar-refractivity contribution in [3.63, 3.8) is 0 Å². The molecular weight excluding hydrogens is 176 g/mol. The second-order valence-electron chi connectivity index (χ2n) is 3.69. The lowest BCUT2D eigenvalue weighted by Crippen LogP contribution is -1.92. The highest BCUT2D eigenvalue weighted by Crippen LogP contribution is 2.36. The number of methoxy groups -OCH3 is 1. The molecule has 0 spiro atoms. The number of carbonyl (C=O) groups excluding carboxylic acids is 1. The number of benzene rings is 1. The maximum Gasteiger partial charge on any atom is 0.163 e. The lowest BCUT2D eigenvalue weighted by Gasteiger charge is -2.07. The summed E-state index contributed by atoms with van der Waals surface area (Å²) in [5.74, 6) is 1.45. The molecule has 0 saturated carbocycles. The largest absolute Gasteiger partial charge is 0.497 e. The Labute approximate surface area is 83.9 Å². The van der Waals surface area contributed by atoms with Gasteiger partial charge < -0.3 is 4.74 Å². The van der Waals surface area contributed by atoms with Gasteiger partial charge in [0.05, 0.1) is 7.11 Å². The Morgan fingerprint density at radius 3 is 2.93 bits per heavy atom. The lowest BCUT2D eigenvalue weighted by atomic mass is 9.99. The van der Waals surface area contributed by atoms with Gasteiger partial charge in [-0.2, -0.15) is 0 Å². The molecule has 0 heterocycles. The molecule has 0 aliphatic heterocycles. The Kier molecular flexibility index (Phi) is 2.28. The van der Waals surface area contributed by atoms with Crippen LogP contribution >= 0.6 is 0 Å².